The van der Waals surface area contributed by atoms with E-state index in [1.165, 1.54) is 12.4 Å². The Morgan fingerprint density at radius 2 is 2.00 bits per heavy atom. The number of amides is 1. The number of aliphatic hydroxyl groups is 1. The number of rotatable bonds is 12. The van der Waals surface area contributed by atoms with E-state index in [0.29, 0.717) is 44.4 Å². The van der Waals surface area contributed by atoms with Crippen LogP contribution < -0.4 is 10.4 Å². The number of nitrogens with one attached hydrogen (secondary N) is 1. The van der Waals surface area contributed by atoms with Crippen LogP contribution in [0.4, 0.5) is 5.82 Å². The highest BCUT2D eigenvalue weighted by Gasteiger charge is 2.23. The fraction of sp³-hybridized carbons (Fsp3) is 0.385. The SMILES string of the molecule is C=N/C=C(\C=NCN(C)Cc1nc2c(N3CCOCC3)nc(-c3ccc(SCCO)cc3)nc2n1C)C(=O)NO. The van der Waals surface area contributed by atoms with Gasteiger partial charge in [-0.25, -0.2) is 20.4 Å². The standard InChI is InChI=1S/C26H33N9O4S/c1-27-14-19(26(37)32-38)15-28-17-33(2)16-21-29-22-24(34(21)3)30-23(31-25(22)35-8-11-39-12-9-35)18-4-6-20(7-5-18)40-13-10-36/h4-7,14-15,36,38H,1,8-13,16-17H2,2-3H3,(H,32,37)/b19-14+,28-15?. The minimum Gasteiger partial charge on any atom is -0.396 e. The van der Waals surface area contributed by atoms with Crippen molar-refractivity contribution in [2.45, 2.75) is 11.4 Å². The average Bonchev–Trinajstić information content (AvgIpc) is 3.29. The molecule has 0 aliphatic carbocycles. The van der Waals surface area contributed by atoms with Crippen LogP contribution in [0.25, 0.3) is 22.6 Å². The Balaban J connectivity index is 1.62. The molecule has 3 heterocycles. The molecule has 0 unspecified atom stereocenters. The molecule has 0 bridgehead atoms. The number of aromatic nitrogens is 4. The molecule has 0 saturated carbocycles. The number of hydroxylamine groups is 1. The number of aliphatic hydroxyl groups excluding tert-OH is 1. The number of hydrogen-bond donors (Lipinski definition) is 3. The number of aryl methyl sites for hydroxylation is 1. The normalized spacial score (nSPS) is 14.4. The summed E-state index contributed by atoms with van der Waals surface area (Å²) in [6.45, 7) is 6.83. The summed E-state index contributed by atoms with van der Waals surface area (Å²) in [5.41, 5.74) is 3.97. The molecule has 0 radical (unpaired) electrons. The average molecular weight is 568 g/mol. The summed E-state index contributed by atoms with van der Waals surface area (Å²) in [6, 6.07) is 8.01. The first-order valence-electron chi connectivity index (χ1n) is 12.6. The summed E-state index contributed by atoms with van der Waals surface area (Å²) < 4.78 is 7.52. The van der Waals surface area contributed by atoms with Gasteiger partial charge in [0.2, 0.25) is 0 Å². The van der Waals surface area contributed by atoms with Gasteiger partial charge < -0.3 is 19.3 Å². The molecule has 2 aromatic heterocycles. The Hall–Kier alpha value is -3.69. The summed E-state index contributed by atoms with van der Waals surface area (Å²) >= 11 is 1.59. The minimum atomic E-state index is -0.724. The van der Waals surface area contributed by atoms with Gasteiger partial charge in [-0.15, -0.1) is 11.8 Å². The van der Waals surface area contributed by atoms with E-state index in [0.717, 1.165) is 33.3 Å². The zero-order valence-electron chi connectivity index (χ0n) is 22.5. The van der Waals surface area contributed by atoms with Gasteiger partial charge in [0.25, 0.3) is 5.91 Å². The number of thioether (sulfide) groups is 1. The van der Waals surface area contributed by atoms with Gasteiger partial charge in [-0.2, -0.15) is 0 Å². The van der Waals surface area contributed by atoms with Gasteiger partial charge in [-0.05, 0) is 25.9 Å². The van der Waals surface area contributed by atoms with E-state index >= 15 is 0 Å². The highest BCUT2D eigenvalue weighted by Crippen LogP contribution is 2.29. The van der Waals surface area contributed by atoms with E-state index in [1.807, 2.05) is 47.8 Å². The van der Waals surface area contributed by atoms with Crippen LogP contribution in [0.15, 0.2) is 50.9 Å². The van der Waals surface area contributed by atoms with Crippen LogP contribution in [0, 0.1) is 0 Å². The third-order valence-corrected chi connectivity index (χ3v) is 7.13. The number of imidazole rings is 1. The van der Waals surface area contributed by atoms with Crippen LogP contribution in [-0.2, 0) is 23.1 Å². The van der Waals surface area contributed by atoms with Crippen LogP contribution in [0.2, 0.25) is 0 Å². The number of aliphatic imine (C=N–C) groups is 2. The van der Waals surface area contributed by atoms with E-state index < -0.39 is 5.91 Å². The molecule has 0 atom stereocenters. The van der Waals surface area contributed by atoms with Gasteiger partial charge in [-0.3, -0.25) is 24.9 Å². The number of benzene rings is 1. The maximum absolute atomic E-state index is 11.7. The number of fused-ring (bicyclic) bond motifs is 1. The van der Waals surface area contributed by atoms with Crippen molar-refractivity contribution in [3.8, 4) is 11.4 Å². The van der Waals surface area contributed by atoms with Crippen molar-refractivity contribution in [2.75, 3.05) is 57.3 Å². The van der Waals surface area contributed by atoms with Gasteiger partial charge in [0.05, 0.1) is 38.6 Å². The number of anilines is 1. The number of carbonyl (C=O) groups excluding carboxylic acids is 1. The van der Waals surface area contributed by atoms with Crippen molar-refractivity contribution in [2.24, 2.45) is 17.0 Å². The molecule has 1 aromatic carbocycles. The lowest BCUT2D eigenvalue weighted by molar-refractivity contribution is -0.124. The van der Waals surface area contributed by atoms with Crippen LogP contribution in [0.3, 0.4) is 0 Å². The van der Waals surface area contributed by atoms with Crippen molar-refractivity contribution in [1.82, 2.24) is 29.9 Å². The van der Waals surface area contributed by atoms with Gasteiger partial charge in [0, 0.05) is 48.8 Å². The number of morpholine rings is 1. The maximum atomic E-state index is 11.7. The van der Waals surface area contributed by atoms with E-state index in [9.17, 15) is 4.79 Å². The lowest BCUT2D eigenvalue weighted by atomic mass is 10.2. The smallest absolute Gasteiger partial charge is 0.277 e. The van der Waals surface area contributed by atoms with Gasteiger partial charge >= 0.3 is 0 Å². The third-order valence-electron chi connectivity index (χ3n) is 6.13. The second-order valence-electron chi connectivity index (χ2n) is 9.00. The predicted molar refractivity (Wildman–Crippen MR) is 155 cm³/mol. The van der Waals surface area contributed by atoms with Crippen LogP contribution in [0.1, 0.15) is 5.82 Å². The zero-order chi connectivity index (χ0) is 28.5. The number of nitrogens with zero attached hydrogens (tertiary/aromatic N) is 8. The van der Waals surface area contributed by atoms with Crippen LogP contribution in [0.5, 0.6) is 0 Å². The highest BCUT2D eigenvalue weighted by atomic mass is 32.2. The fourth-order valence-corrected chi connectivity index (χ4v) is 4.76. The Labute approximate surface area is 236 Å². The summed E-state index contributed by atoms with van der Waals surface area (Å²) in [5.74, 6) is 2.07. The molecular formula is C26H33N9O4S. The number of carbonyl (C=O) groups is 1. The Morgan fingerprint density at radius 1 is 1.25 bits per heavy atom. The minimum absolute atomic E-state index is 0.0756. The summed E-state index contributed by atoms with van der Waals surface area (Å²) in [6.07, 6.45) is 2.54. The van der Waals surface area contributed by atoms with E-state index in [2.05, 4.69) is 21.6 Å². The topological polar surface area (TPSA) is 154 Å². The summed E-state index contributed by atoms with van der Waals surface area (Å²) in [4.78, 5) is 39.5. The molecule has 1 amide bonds. The largest absolute Gasteiger partial charge is 0.396 e. The molecule has 3 aromatic rings. The first kappa shape index (κ1) is 29.3. The zero-order valence-corrected chi connectivity index (χ0v) is 23.3. The molecular weight excluding hydrogens is 534 g/mol. The molecule has 1 fully saturated rings. The first-order valence-corrected chi connectivity index (χ1v) is 13.6. The maximum Gasteiger partial charge on any atom is 0.277 e. The molecule has 13 nitrogen and oxygen atoms in total. The fourth-order valence-electron chi connectivity index (χ4n) is 4.11. The summed E-state index contributed by atoms with van der Waals surface area (Å²) in [5, 5.41) is 18.0. The van der Waals surface area contributed by atoms with Crippen molar-refractivity contribution in [3.63, 3.8) is 0 Å². The van der Waals surface area contributed by atoms with E-state index in [4.69, 9.17) is 30.0 Å². The number of ether oxygens (including phenoxy) is 1. The molecule has 212 valence electrons. The molecule has 3 N–H and O–H groups in total. The Morgan fingerprint density at radius 3 is 2.67 bits per heavy atom. The second-order valence-corrected chi connectivity index (χ2v) is 10.2. The molecule has 1 saturated heterocycles. The molecule has 0 spiro atoms. The predicted octanol–water partition coefficient (Wildman–Crippen LogP) is 1.50. The third kappa shape index (κ3) is 7.08. The van der Waals surface area contributed by atoms with Crippen LogP contribution >= 0.6 is 11.8 Å². The molecule has 4 rings (SSSR count). The van der Waals surface area contributed by atoms with Gasteiger partial charge in [0.15, 0.2) is 22.8 Å². The summed E-state index contributed by atoms with van der Waals surface area (Å²) in [7, 11) is 3.81. The van der Waals surface area contributed by atoms with Gasteiger partial charge in [-0.1, -0.05) is 12.1 Å². The first-order chi connectivity index (χ1) is 19.4. The Kier molecular flexibility index (Phi) is 10.3. The molecule has 1 aliphatic heterocycles. The Bertz CT molecular complexity index is 1390. The van der Waals surface area contributed by atoms with E-state index in [1.54, 1.807) is 17.2 Å². The van der Waals surface area contributed by atoms with Crippen molar-refractivity contribution >= 4 is 47.6 Å². The molecule has 14 heteroatoms. The van der Waals surface area contributed by atoms with Crippen LogP contribution in [-0.4, -0.2) is 106 Å². The quantitative estimate of drug-likeness (QED) is 0.0965. The van der Waals surface area contributed by atoms with Crippen molar-refractivity contribution in [1.29, 1.82) is 0 Å². The molecule has 40 heavy (non-hydrogen) atoms. The van der Waals surface area contributed by atoms with Crippen molar-refractivity contribution in [3.05, 3.63) is 41.9 Å². The molecule has 1 aliphatic rings. The monoisotopic (exact) mass is 567 g/mol. The lowest BCUT2D eigenvalue weighted by Crippen LogP contribution is -2.37. The van der Waals surface area contributed by atoms with Crippen molar-refractivity contribution < 1.29 is 19.8 Å². The van der Waals surface area contributed by atoms with Gasteiger partial charge in [0.1, 0.15) is 5.82 Å². The second kappa shape index (κ2) is 14.1. The highest BCUT2D eigenvalue weighted by molar-refractivity contribution is 7.99. The lowest BCUT2D eigenvalue weighted by Gasteiger charge is -2.28. The van der Waals surface area contributed by atoms with E-state index in [-0.39, 0.29) is 18.8 Å². The number of hydrogen-bond acceptors (Lipinski definition) is 12.